The Labute approximate surface area is 277 Å². The molecule has 45 heavy (non-hydrogen) atoms. The molecule has 2 heterocycles. The van der Waals surface area contributed by atoms with Crippen molar-refractivity contribution in [3.05, 3.63) is 141 Å². The van der Waals surface area contributed by atoms with Crippen LogP contribution in [-0.2, 0) is 22.6 Å². The van der Waals surface area contributed by atoms with Gasteiger partial charge in [-0.1, -0.05) is 108 Å². The van der Waals surface area contributed by atoms with Crippen LogP contribution in [0.5, 0.6) is 0 Å². The summed E-state index contributed by atoms with van der Waals surface area (Å²) in [5.74, 6) is 0.596. The van der Waals surface area contributed by atoms with Crippen molar-refractivity contribution in [3.63, 3.8) is 0 Å². The molecule has 0 aliphatic carbocycles. The molecule has 4 aromatic rings. The van der Waals surface area contributed by atoms with Crippen molar-refractivity contribution < 1.29 is 14.6 Å². The van der Waals surface area contributed by atoms with Gasteiger partial charge in [0.15, 0.2) is 0 Å². The first-order valence-electron chi connectivity index (χ1n) is 15.7. The van der Waals surface area contributed by atoms with Crippen LogP contribution in [0.3, 0.4) is 0 Å². The standard InChI is InChI=1S/C20H22ClNO2.C18H20ClNO/c1-2-24-20(23)19-14-22(12-15-6-4-3-5-7-15)13-18(19)16-8-10-17(21)11-9-16;19-17-8-6-15(7-9-17)18-12-20(11-16(18)13-21)10-14-4-2-1-3-5-14/h3-11,18-19H,2,12-14H2,1H3;1-9,16,18,21H,10-13H2. The third-order valence-corrected chi connectivity index (χ3v) is 9.33. The Kier molecular flexibility index (Phi) is 12.1. The predicted molar refractivity (Wildman–Crippen MR) is 183 cm³/mol. The lowest BCUT2D eigenvalue weighted by Gasteiger charge is -2.17. The van der Waals surface area contributed by atoms with E-state index in [1.54, 1.807) is 0 Å². The SMILES string of the molecule is CCOC(=O)C1CN(Cc2ccccc2)CC1c1ccc(Cl)cc1.OCC1CN(Cc2ccccc2)CC1c1ccc(Cl)cc1. The molecule has 0 aromatic heterocycles. The first-order valence-corrected chi connectivity index (χ1v) is 16.5. The van der Waals surface area contributed by atoms with Gasteiger partial charge >= 0.3 is 5.97 Å². The minimum absolute atomic E-state index is 0.104. The van der Waals surface area contributed by atoms with Crippen LogP contribution in [0.2, 0.25) is 10.0 Å². The van der Waals surface area contributed by atoms with Gasteiger partial charge in [-0.25, -0.2) is 0 Å². The Morgan fingerprint density at radius 2 is 1.16 bits per heavy atom. The van der Waals surface area contributed by atoms with Gasteiger partial charge in [-0.3, -0.25) is 14.6 Å². The molecule has 0 bridgehead atoms. The third-order valence-electron chi connectivity index (χ3n) is 8.83. The molecular weight excluding hydrogens is 603 g/mol. The molecule has 0 amide bonds. The topological polar surface area (TPSA) is 53.0 Å². The highest BCUT2D eigenvalue weighted by Crippen LogP contribution is 2.35. The fraction of sp³-hybridized carbons (Fsp3) is 0.342. The highest BCUT2D eigenvalue weighted by atomic mass is 35.5. The minimum Gasteiger partial charge on any atom is -0.466 e. The van der Waals surface area contributed by atoms with E-state index >= 15 is 0 Å². The highest BCUT2D eigenvalue weighted by molar-refractivity contribution is 6.30. The molecule has 0 radical (unpaired) electrons. The van der Waals surface area contributed by atoms with Crippen LogP contribution in [0.1, 0.15) is 41.0 Å². The lowest BCUT2D eigenvalue weighted by molar-refractivity contribution is -0.148. The lowest BCUT2D eigenvalue weighted by Crippen LogP contribution is -2.25. The Balaban J connectivity index is 0.000000179. The van der Waals surface area contributed by atoms with Crippen LogP contribution in [0, 0.1) is 11.8 Å². The molecular formula is C38H42Cl2N2O3. The zero-order valence-corrected chi connectivity index (χ0v) is 27.3. The number of likely N-dealkylation sites (tertiary alicyclic amines) is 2. The summed E-state index contributed by atoms with van der Waals surface area (Å²) < 4.78 is 5.31. The van der Waals surface area contributed by atoms with Crippen molar-refractivity contribution in [2.75, 3.05) is 39.4 Å². The van der Waals surface area contributed by atoms with Crippen LogP contribution in [0.15, 0.2) is 109 Å². The van der Waals surface area contributed by atoms with Crippen LogP contribution in [0.25, 0.3) is 0 Å². The van der Waals surface area contributed by atoms with Crippen molar-refractivity contribution in [2.45, 2.75) is 31.8 Å². The molecule has 236 valence electrons. The van der Waals surface area contributed by atoms with Gasteiger partial charge in [0.1, 0.15) is 0 Å². The van der Waals surface area contributed by atoms with Gasteiger partial charge in [-0.05, 0) is 53.4 Å². The van der Waals surface area contributed by atoms with Crippen molar-refractivity contribution in [2.24, 2.45) is 11.8 Å². The first kappa shape index (κ1) is 33.2. The zero-order valence-electron chi connectivity index (χ0n) is 25.8. The number of ether oxygens (including phenoxy) is 1. The minimum atomic E-state index is -0.130. The average molecular weight is 646 g/mol. The number of aliphatic hydroxyl groups excluding tert-OH is 1. The molecule has 2 saturated heterocycles. The van der Waals surface area contributed by atoms with Gasteiger partial charge in [-0.2, -0.15) is 0 Å². The lowest BCUT2D eigenvalue weighted by atomic mass is 9.89. The molecule has 2 aliphatic rings. The summed E-state index contributed by atoms with van der Waals surface area (Å²) in [6.07, 6.45) is 0. The summed E-state index contributed by atoms with van der Waals surface area (Å²) in [7, 11) is 0. The summed E-state index contributed by atoms with van der Waals surface area (Å²) in [4.78, 5) is 17.2. The molecule has 5 nitrogen and oxygen atoms in total. The zero-order chi connectivity index (χ0) is 31.6. The molecule has 4 atom stereocenters. The number of benzene rings is 4. The molecule has 6 rings (SSSR count). The second kappa shape index (κ2) is 16.4. The number of nitrogens with zero attached hydrogens (tertiary/aromatic N) is 2. The average Bonchev–Trinajstić information content (AvgIpc) is 3.67. The van der Waals surface area contributed by atoms with Crippen LogP contribution in [0.4, 0.5) is 0 Å². The Bertz CT molecular complexity index is 1470. The number of carbonyl (C=O) groups excluding carboxylic acids is 1. The van der Waals surface area contributed by atoms with Crippen molar-refractivity contribution in [1.29, 1.82) is 0 Å². The summed E-state index contributed by atoms with van der Waals surface area (Å²) in [5, 5.41) is 11.2. The molecule has 4 aromatic carbocycles. The normalized spacial score (nSPS) is 21.7. The molecule has 0 spiro atoms. The monoisotopic (exact) mass is 644 g/mol. The number of rotatable bonds is 9. The van der Waals surface area contributed by atoms with E-state index in [2.05, 4.69) is 58.3 Å². The van der Waals surface area contributed by atoms with Crippen LogP contribution < -0.4 is 0 Å². The van der Waals surface area contributed by atoms with E-state index in [-0.39, 0.29) is 24.4 Å². The van der Waals surface area contributed by atoms with E-state index in [0.717, 1.165) is 49.9 Å². The number of hydrogen-bond donors (Lipinski definition) is 1. The number of hydrogen-bond acceptors (Lipinski definition) is 5. The summed E-state index contributed by atoms with van der Waals surface area (Å²) in [6, 6.07) is 36.7. The predicted octanol–water partition coefficient (Wildman–Crippen LogP) is 7.67. The quantitative estimate of drug-likeness (QED) is 0.190. The molecule has 7 heteroatoms. The van der Waals surface area contributed by atoms with Gasteiger partial charge in [-0.15, -0.1) is 0 Å². The smallest absolute Gasteiger partial charge is 0.310 e. The summed E-state index contributed by atoms with van der Waals surface area (Å²) >= 11 is 12.0. The molecule has 0 saturated carbocycles. The maximum Gasteiger partial charge on any atom is 0.310 e. The molecule has 2 aliphatic heterocycles. The fourth-order valence-corrected chi connectivity index (χ4v) is 6.85. The van der Waals surface area contributed by atoms with Crippen molar-refractivity contribution >= 4 is 29.2 Å². The summed E-state index contributed by atoms with van der Waals surface area (Å²) in [5.41, 5.74) is 5.00. The second-order valence-corrected chi connectivity index (χ2v) is 12.8. The van der Waals surface area contributed by atoms with Gasteiger partial charge in [0.2, 0.25) is 0 Å². The van der Waals surface area contributed by atoms with E-state index in [9.17, 15) is 9.90 Å². The molecule has 2 fully saturated rings. The Morgan fingerprint density at radius 1 is 0.689 bits per heavy atom. The van der Waals surface area contributed by atoms with E-state index in [0.29, 0.717) is 23.5 Å². The fourth-order valence-electron chi connectivity index (χ4n) is 6.60. The number of aliphatic hydroxyl groups is 1. The first-order chi connectivity index (χ1) is 21.9. The third kappa shape index (κ3) is 9.18. The van der Waals surface area contributed by atoms with Crippen molar-refractivity contribution in [3.8, 4) is 0 Å². The van der Waals surface area contributed by atoms with Gasteiger partial charge in [0.05, 0.1) is 12.5 Å². The van der Waals surface area contributed by atoms with Crippen LogP contribution >= 0.6 is 23.2 Å². The Morgan fingerprint density at radius 3 is 1.64 bits per heavy atom. The largest absolute Gasteiger partial charge is 0.466 e. The maximum atomic E-state index is 12.4. The van der Waals surface area contributed by atoms with Crippen molar-refractivity contribution in [1.82, 2.24) is 9.80 Å². The highest BCUT2D eigenvalue weighted by Gasteiger charge is 2.39. The van der Waals surface area contributed by atoms with Crippen LogP contribution in [-0.4, -0.2) is 60.3 Å². The van der Waals surface area contributed by atoms with Gasteiger partial charge in [0, 0.05) is 73.7 Å². The van der Waals surface area contributed by atoms with E-state index in [4.69, 9.17) is 27.9 Å². The molecule has 1 N–H and O–H groups in total. The second-order valence-electron chi connectivity index (χ2n) is 12.0. The van der Waals surface area contributed by atoms with Gasteiger partial charge in [0.25, 0.3) is 0 Å². The maximum absolute atomic E-state index is 12.4. The Hall–Kier alpha value is -3.19. The summed E-state index contributed by atoms with van der Waals surface area (Å²) in [6.45, 7) is 7.80. The van der Waals surface area contributed by atoms with Gasteiger partial charge < -0.3 is 9.84 Å². The number of carbonyl (C=O) groups is 1. The molecule has 4 unspecified atom stereocenters. The number of esters is 1. The van der Waals surface area contributed by atoms with E-state index in [1.807, 2.05) is 67.6 Å². The van der Waals surface area contributed by atoms with E-state index < -0.39 is 0 Å². The number of halogens is 2. The van der Waals surface area contributed by atoms with E-state index in [1.165, 1.54) is 16.7 Å².